The summed E-state index contributed by atoms with van der Waals surface area (Å²) in [6.07, 6.45) is -11.2. The molecule has 2 heterocycles. The van der Waals surface area contributed by atoms with Crippen LogP contribution >= 0.6 is 0 Å². The first-order valence-electron chi connectivity index (χ1n) is 18.6. The molecule has 3 aromatic rings. The van der Waals surface area contributed by atoms with Crippen molar-refractivity contribution in [2.75, 3.05) is 20.3 Å². The molecule has 15 nitrogen and oxygen atoms in total. The van der Waals surface area contributed by atoms with Crippen molar-refractivity contribution in [3.63, 3.8) is 0 Å². The molecule has 0 bridgehead atoms. The summed E-state index contributed by atoms with van der Waals surface area (Å²) in [6, 6.07) is 28.8. The van der Waals surface area contributed by atoms with Crippen LogP contribution in [0.1, 0.15) is 44.4 Å². The number of carbonyl (C=O) groups is 4. The summed E-state index contributed by atoms with van der Waals surface area (Å²) in [5.41, 5.74) is 2.71. The fourth-order valence-electron chi connectivity index (χ4n) is 6.58. The minimum atomic E-state index is -1.46. The van der Waals surface area contributed by atoms with Gasteiger partial charge in [0, 0.05) is 34.8 Å². The van der Waals surface area contributed by atoms with E-state index in [-0.39, 0.29) is 26.4 Å². The summed E-state index contributed by atoms with van der Waals surface area (Å²) in [7, 11) is 1.49. The summed E-state index contributed by atoms with van der Waals surface area (Å²) < 4.78 is 66.7. The zero-order valence-electron chi connectivity index (χ0n) is 32.6. The van der Waals surface area contributed by atoms with Crippen molar-refractivity contribution in [3.05, 3.63) is 108 Å². The predicted octanol–water partition coefficient (Wildman–Crippen LogP) is 4.21. The topological polar surface area (TPSA) is 170 Å². The van der Waals surface area contributed by atoms with Crippen molar-refractivity contribution in [3.8, 4) is 0 Å². The Bertz CT molecular complexity index is 1710. The highest BCUT2D eigenvalue weighted by Crippen LogP contribution is 2.34. The van der Waals surface area contributed by atoms with E-state index < -0.39 is 91.9 Å². The third-order valence-corrected chi connectivity index (χ3v) is 9.05. The van der Waals surface area contributed by atoms with Crippen molar-refractivity contribution in [2.24, 2.45) is 0 Å². The molecule has 0 spiro atoms. The quantitative estimate of drug-likeness (QED) is 0.132. The number of hydrogen-bond acceptors (Lipinski definition) is 15. The van der Waals surface area contributed by atoms with E-state index in [1.807, 2.05) is 91.0 Å². The Balaban J connectivity index is 1.48. The first kappa shape index (κ1) is 43.4. The average Bonchev–Trinajstić information content (AvgIpc) is 3.19. The highest BCUT2D eigenvalue weighted by molar-refractivity contribution is 5.68. The van der Waals surface area contributed by atoms with E-state index in [0.717, 1.165) is 37.5 Å². The van der Waals surface area contributed by atoms with Crippen LogP contribution in [0.4, 0.5) is 0 Å². The number of esters is 4. The predicted molar refractivity (Wildman–Crippen MR) is 199 cm³/mol. The van der Waals surface area contributed by atoms with Crippen LogP contribution in [0.5, 0.6) is 0 Å². The van der Waals surface area contributed by atoms with Gasteiger partial charge in [-0.05, 0) is 16.7 Å². The molecule has 308 valence electrons. The van der Waals surface area contributed by atoms with Gasteiger partial charge in [0.05, 0.1) is 26.4 Å². The summed E-state index contributed by atoms with van der Waals surface area (Å²) >= 11 is 0. The van der Waals surface area contributed by atoms with Gasteiger partial charge in [-0.3, -0.25) is 19.2 Å². The maximum Gasteiger partial charge on any atom is 0.303 e. The molecule has 10 atom stereocenters. The van der Waals surface area contributed by atoms with E-state index in [0.29, 0.717) is 0 Å². The normalized spacial score (nSPS) is 27.2. The molecule has 3 aromatic carbocycles. The first-order chi connectivity index (χ1) is 27.5. The fourth-order valence-corrected chi connectivity index (χ4v) is 6.58. The lowest BCUT2D eigenvalue weighted by Crippen LogP contribution is -2.64. The minimum absolute atomic E-state index is 0.165. The Morgan fingerprint density at radius 1 is 0.456 bits per heavy atom. The van der Waals surface area contributed by atoms with Gasteiger partial charge in [0.1, 0.15) is 37.1 Å². The van der Waals surface area contributed by atoms with Crippen LogP contribution in [-0.4, -0.2) is 106 Å². The average molecular weight is 795 g/mol. The Morgan fingerprint density at radius 3 is 1.35 bits per heavy atom. The third-order valence-electron chi connectivity index (χ3n) is 9.05. The fraction of sp³-hybridized carbons (Fsp3) is 0.476. The lowest BCUT2D eigenvalue weighted by atomic mass is 9.97. The van der Waals surface area contributed by atoms with E-state index in [4.69, 9.17) is 52.1 Å². The number of rotatable bonds is 18. The molecular weight excluding hydrogens is 744 g/mol. The Hall–Kier alpha value is -4.74. The van der Waals surface area contributed by atoms with Crippen LogP contribution in [0.15, 0.2) is 91.0 Å². The zero-order valence-corrected chi connectivity index (χ0v) is 32.6. The summed E-state index contributed by atoms with van der Waals surface area (Å²) in [6.45, 7) is 4.53. The molecule has 0 radical (unpaired) electrons. The van der Waals surface area contributed by atoms with Gasteiger partial charge in [0.25, 0.3) is 0 Å². The van der Waals surface area contributed by atoms with Crippen molar-refractivity contribution < 1.29 is 71.3 Å². The maximum absolute atomic E-state index is 12.5. The summed E-state index contributed by atoms with van der Waals surface area (Å²) in [5, 5.41) is 0. The Kier molecular flexibility index (Phi) is 16.5. The minimum Gasteiger partial charge on any atom is -0.463 e. The summed E-state index contributed by atoms with van der Waals surface area (Å²) in [4.78, 5) is 48.9. The molecular formula is C42H50O15. The molecule has 2 fully saturated rings. The molecule has 0 amide bonds. The molecule has 0 N–H and O–H groups in total. The summed E-state index contributed by atoms with van der Waals surface area (Å²) in [5.74, 6) is -2.93. The van der Waals surface area contributed by atoms with E-state index >= 15 is 0 Å². The molecule has 0 saturated carbocycles. The molecule has 2 aliphatic heterocycles. The second kappa shape index (κ2) is 21.7. The van der Waals surface area contributed by atoms with Crippen molar-refractivity contribution in [1.29, 1.82) is 0 Å². The van der Waals surface area contributed by atoms with Gasteiger partial charge in [-0.2, -0.15) is 0 Å². The molecule has 0 unspecified atom stereocenters. The smallest absolute Gasteiger partial charge is 0.303 e. The molecule has 57 heavy (non-hydrogen) atoms. The standard InChI is InChI=1S/C42H50O15/c1-26(43)48-24-34-36(53-27(2)44)38(54-28(3)45)40(55-29(4)46)42(57-34)52-25-33-35(49-21-30-15-9-6-10-16-30)37(50-22-31-17-11-7-12-18-31)39(41(47-5)56-33)51-23-32-19-13-8-14-20-32/h6-20,33-42H,21-25H2,1-5H3/t33-,34-,35-,36+,37+,38+,39-,40-,41+,42-/m1/s1. The highest BCUT2D eigenvalue weighted by Gasteiger charge is 2.54. The lowest BCUT2D eigenvalue weighted by Gasteiger charge is -2.47. The van der Waals surface area contributed by atoms with E-state index in [1.165, 1.54) is 14.0 Å². The monoisotopic (exact) mass is 794 g/mol. The van der Waals surface area contributed by atoms with Gasteiger partial charge in [-0.1, -0.05) is 91.0 Å². The third kappa shape index (κ3) is 12.9. The zero-order chi connectivity index (χ0) is 40.7. The number of benzene rings is 3. The number of carbonyl (C=O) groups excluding carboxylic acids is 4. The van der Waals surface area contributed by atoms with Gasteiger partial charge in [-0.15, -0.1) is 0 Å². The van der Waals surface area contributed by atoms with Crippen molar-refractivity contribution in [1.82, 2.24) is 0 Å². The number of ether oxygens (including phenoxy) is 11. The molecule has 2 aliphatic rings. The van der Waals surface area contributed by atoms with Gasteiger partial charge in [0.15, 0.2) is 30.9 Å². The van der Waals surface area contributed by atoms with Crippen LogP contribution in [0.25, 0.3) is 0 Å². The van der Waals surface area contributed by atoms with Gasteiger partial charge in [0.2, 0.25) is 0 Å². The first-order valence-corrected chi connectivity index (χ1v) is 18.6. The lowest BCUT2D eigenvalue weighted by molar-refractivity contribution is -0.342. The number of hydrogen-bond donors (Lipinski definition) is 0. The second-order valence-corrected chi connectivity index (χ2v) is 13.5. The van der Waals surface area contributed by atoms with Gasteiger partial charge >= 0.3 is 23.9 Å². The van der Waals surface area contributed by atoms with E-state index in [9.17, 15) is 19.2 Å². The maximum atomic E-state index is 12.5. The molecule has 0 aromatic heterocycles. The van der Waals surface area contributed by atoms with Gasteiger partial charge in [-0.25, -0.2) is 0 Å². The Labute approximate surface area is 331 Å². The highest BCUT2D eigenvalue weighted by atomic mass is 16.8. The van der Waals surface area contributed by atoms with Crippen LogP contribution in [0.2, 0.25) is 0 Å². The van der Waals surface area contributed by atoms with E-state index in [1.54, 1.807) is 0 Å². The molecule has 0 aliphatic carbocycles. The SMILES string of the molecule is CO[C@H]1O[C@H](CO[C@@H]2O[C@H](COC(C)=O)[C@H](OC(C)=O)[C@H](OC(C)=O)[C@H]2OC(C)=O)[C@@H](OCc2ccccc2)[C@H](OCc2ccccc2)[C@H]1OCc1ccccc1. The number of methoxy groups -OCH3 is 1. The van der Waals surface area contributed by atoms with E-state index in [2.05, 4.69) is 0 Å². The van der Waals surface area contributed by atoms with Crippen LogP contribution < -0.4 is 0 Å². The molecule has 5 rings (SSSR count). The Morgan fingerprint density at radius 2 is 0.877 bits per heavy atom. The second-order valence-electron chi connectivity index (χ2n) is 13.5. The van der Waals surface area contributed by atoms with Crippen molar-refractivity contribution in [2.45, 2.75) is 109 Å². The van der Waals surface area contributed by atoms with Crippen LogP contribution in [-0.2, 0) is 91.1 Å². The van der Waals surface area contributed by atoms with Crippen LogP contribution in [0, 0.1) is 0 Å². The molecule has 2 saturated heterocycles. The van der Waals surface area contributed by atoms with Crippen molar-refractivity contribution >= 4 is 23.9 Å². The van der Waals surface area contributed by atoms with Crippen LogP contribution in [0.3, 0.4) is 0 Å². The van der Waals surface area contributed by atoms with Gasteiger partial charge < -0.3 is 52.1 Å². The molecule has 15 heteroatoms. The largest absolute Gasteiger partial charge is 0.463 e.